The van der Waals surface area contributed by atoms with Gasteiger partial charge in [-0.05, 0) is 36.4 Å². The van der Waals surface area contributed by atoms with Gasteiger partial charge in [-0.3, -0.25) is 0 Å². The maximum Gasteiger partial charge on any atom is 0.335 e. The first-order valence-electron chi connectivity index (χ1n) is 6.09. The third-order valence-corrected chi connectivity index (χ3v) is 2.75. The minimum absolute atomic E-state index is 0.234. The molecule has 0 saturated carbocycles. The van der Waals surface area contributed by atoms with E-state index in [0.29, 0.717) is 5.69 Å². The number of rotatable bonds is 4. The summed E-state index contributed by atoms with van der Waals surface area (Å²) in [4.78, 5) is 12.7. The Morgan fingerprint density at radius 1 is 1.00 bits per heavy atom. The first kappa shape index (κ1) is 13.7. The van der Waals surface area contributed by atoms with Gasteiger partial charge in [-0.1, -0.05) is 12.1 Å². The first-order valence-corrected chi connectivity index (χ1v) is 6.09. The fourth-order valence-electron chi connectivity index (χ4n) is 1.71. The molecule has 0 unspecified atom stereocenters. The molecule has 0 fully saturated rings. The van der Waals surface area contributed by atoms with Gasteiger partial charge >= 0.3 is 5.97 Å². The highest BCUT2D eigenvalue weighted by molar-refractivity contribution is 5.87. The van der Waals surface area contributed by atoms with E-state index < -0.39 is 5.97 Å². The SMILES string of the molecule is CN(C)c1ccccc1/N=N/c1ccc(C(=O)O)cc1. The summed E-state index contributed by atoms with van der Waals surface area (Å²) in [5, 5.41) is 17.2. The molecule has 0 amide bonds. The van der Waals surface area contributed by atoms with Gasteiger partial charge in [0.1, 0.15) is 5.69 Å². The van der Waals surface area contributed by atoms with E-state index in [1.807, 2.05) is 43.3 Å². The Bertz CT molecular complexity index is 634. The van der Waals surface area contributed by atoms with Crippen LogP contribution in [0.2, 0.25) is 0 Å². The van der Waals surface area contributed by atoms with Crippen LogP contribution in [-0.4, -0.2) is 25.2 Å². The highest BCUT2D eigenvalue weighted by atomic mass is 16.4. The molecule has 102 valence electrons. The second-order valence-electron chi connectivity index (χ2n) is 4.44. The second-order valence-corrected chi connectivity index (χ2v) is 4.44. The Morgan fingerprint density at radius 2 is 1.65 bits per heavy atom. The number of nitrogens with zero attached hydrogens (tertiary/aromatic N) is 3. The molecule has 0 aliphatic heterocycles. The molecule has 0 heterocycles. The summed E-state index contributed by atoms with van der Waals surface area (Å²) in [5.74, 6) is -0.952. The number of carboxylic acids is 1. The van der Waals surface area contributed by atoms with Gasteiger partial charge in [0.25, 0.3) is 0 Å². The number of carbonyl (C=O) groups is 1. The monoisotopic (exact) mass is 269 g/mol. The molecule has 0 radical (unpaired) electrons. The maximum atomic E-state index is 10.8. The lowest BCUT2D eigenvalue weighted by atomic mass is 10.2. The zero-order valence-electron chi connectivity index (χ0n) is 11.3. The number of aromatic carboxylic acids is 1. The van der Waals surface area contributed by atoms with Crippen LogP contribution >= 0.6 is 0 Å². The molecule has 0 atom stereocenters. The van der Waals surface area contributed by atoms with Crippen molar-refractivity contribution in [3.05, 3.63) is 54.1 Å². The van der Waals surface area contributed by atoms with Crippen molar-refractivity contribution in [1.29, 1.82) is 0 Å². The van der Waals surface area contributed by atoms with E-state index in [9.17, 15) is 4.79 Å². The number of anilines is 1. The van der Waals surface area contributed by atoms with E-state index in [1.165, 1.54) is 12.1 Å². The Balaban J connectivity index is 2.23. The summed E-state index contributed by atoms with van der Waals surface area (Å²) in [6.45, 7) is 0. The number of hydrogen-bond acceptors (Lipinski definition) is 4. The third kappa shape index (κ3) is 3.20. The summed E-state index contributed by atoms with van der Waals surface area (Å²) in [6, 6.07) is 14.0. The zero-order valence-corrected chi connectivity index (χ0v) is 11.3. The van der Waals surface area contributed by atoms with E-state index in [4.69, 9.17) is 5.11 Å². The summed E-state index contributed by atoms with van der Waals surface area (Å²) >= 11 is 0. The maximum absolute atomic E-state index is 10.8. The molecular formula is C15H15N3O2. The Kier molecular flexibility index (Phi) is 4.10. The van der Waals surface area contributed by atoms with Crippen molar-refractivity contribution in [3.8, 4) is 0 Å². The van der Waals surface area contributed by atoms with Gasteiger partial charge < -0.3 is 10.0 Å². The summed E-state index contributed by atoms with van der Waals surface area (Å²) in [6.07, 6.45) is 0. The molecule has 0 spiro atoms. The van der Waals surface area contributed by atoms with Crippen molar-refractivity contribution >= 4 is 23.0 Å². The van der Waals surface area contributed by atoms with Crippen LogP contribution in [0.25, 0.3) is 0 Å². The Labute approximate surface area is 117 Å². The van der Waals surface area contributed by atoms with Crippen LogP contribution in [0.15, 0.2) is 58.8 Å². The second kappa shape index (κ2) is 5.97. The molecule has 5 heteroatoms. The molecule has 0 aliphatic carbocycles. The lowest BCUT2D eigenvalue weighted by Gasteiger charge is -2.13. The quantitative estimate of drug-likeness (QED) is 0.857. The normalized spacial score (nSPS) is 10.7. The van der Waals surface area contributed by atoms with Crippen molar-refractivity contribution < 1.29 is 9.90 Å². The largest absolute Gasteiger partial charge is 0.478 e. The highest BCUT2D eigenvalue weighted by Crippen LogP contribution is 2.28. The van der Waals surface area contributed by atoms with Crippen LogP contribution in [0.3, 0.4) is 0 Å². The first-order chi connectivity index (χ1) is 9.58. The molecule has 2 rings (SSSR count). The van der Waals surface area contributed by atoms with Crippen LogP contribution in [0.1, 0.15) is 10.4 Å². The molecule has 20 heavy (non-hydrogen) atoms. The molecule has 2 aromatic rings. The van der Waals surface area contributed by atoms with Crippen LogP contribution in [0.4, 0.5) is 17.1 Å². The average Bonchev–Trinajstić information content (AvgIpc) is 2.45. The lowest BCUT2D eigenvalue weighted by Crippen LogP contribution is -2.08. The fraction of sp³-hybridized carbons (Fsp3) is 0.133. The number of para-hydroxylation sites is 1. The lowest BCUT2D eigenvalue weighted by molar-refractivity contribution is 0.0697. The van der Waals surface area contributed by atoms with Gasteiger partial charge in [-0.2, -0.15) is 5.11 Å². The van der Waals surface area contributed by atoms with Gasteiger partial charge in [-0.15, -0.1) is 5.11 Å². The fourth-order valence-corrected chi connectivity index (χ4v) is 1.71. The van der Waals surface area contributed by atoms with Crippen LogP contribution in [-0.2, 0) is 0 Å². The molecule has 2 aromatic carbocycles. The number of azo groups is 1. The summed E-state index contributed by atoms with van der Waals surface area (Å²) < 4.78 is 0. The van der Waals surface area contributed by atoms with E-state index in [-0.39, 0.29) is 5.56 Å². The van der Waals surface area contributed by atoms with E-state index in [0.717, 1.165) is 11.4 Å². The molecule has 5 nitrogen and oxygen atoms in total. The third-order valence-electron chi connectivity index (χ3n) is 2.75. The molecule has 0 saturated heterocycles. The standard InChI is InChI=1S/C15H15N3O2/c1-18(2)14-6-4-3-5-13(14)17-16-12-9-7-11(8-10-12)15(19)20/h3-10H,1-2H3,(H,19,20)/b17-16+. The van der Waals surface area contributed by atoms with E-state index in [2.05, 4.69) is 10.2 Å². The van der Waals surface area contributed by atoms with Crippen LogP contribution in [0.5, 0.6) is 0 Å². The van der Waals surface area contributed by atoms with Crippen molar-refractivity contribution in [2.24, 2.45) is 10.2 Å². The number of carboxylic acid groups (broad SMARTS) is 1. The predicted octanol–water partition coefficient (Wildman–Crippen LogP) is 3.87. The molecule has 1 N–H and O–H groups in total. The van der Waals surface area contributed by atoms with Gasteiger partial charge in [0.15, 0.2) is 0 Å². The average molecular weight is 269 g/mol. The molecule has 0 aliphatic rings. The van der Waals surface area contributed by atoms with Gasteiger partial charge in [0, 0.05) is 14.1 Å². The Hall–Kier alpha value is -2.69. The predicted molar refractivity (Wildman–Crippen MR) is 78.3 cm³/mol. The zero-order chi connectivity index (χ0) is 14.5. The van der Waals surface area contributed by atoms with E-state index >= 15 is 0 Å². The van der Waals surface area contributed by atoms with Gasteiger partial charge in [0.2, 0.25) is 0 Å². The molecule has 0 aromatic heterocycles. The van der Waals surface area contributed by atoms with Crippen LogP contribution < -0.4 is 4.90 Å². The Morgan fingerprint density at radius 3 is 2.25 bits per heavy atom. The minimum atomic E-state index is -0.952. The van der Waals surface area contributed by atoms with Gasteiger partial charge in [-0.25, -0.2) is 4.79 Å². The smallest absolute Gasteiger partial charge is 0.335 e. The van der Waals surface area contributed by atoms with Crippen molar-refractivity contribution in [2.45, 2.75) is 0 Å². The van der Waals surface area contributed by atoms with Crippen LogP contribution in [0, 0.1) is 0 Å². The number of benzene rings is 2. The van der Waals surface area contributed by atoms with Crippen molar-refractivity contribution in [1.82, 2.24) is 0 Å². The summed E-state index contributed by atoms with van der Waals surface area (Å²) in [7, 11) is 3.88. The number of hydrogen-bond donors (Lipinski definition) is 1. The molecule has 0 bridgehead atoms. The topological polar surface area (TPSA) is 65.3 Å². The van der Waals surface area contributed by atoms with Gasteiger partial charge in [0.05, 0.1) is 16.9 Å². The minimum Gasteiger partial charge on any atom is -0.478 e. The van der Waals surface area contributed by atoms with E-state index in [1.54, 1.807) is 12.1 Å². The summed E-state index contributed by atoms with van der Waals surface area (Å²) in [5.41, 5.74) is 2.58. The van der Waals surface area contributed by atoms with Crippen molar-refractivity contribution in [2.75, 3.05) is 19.0 Å². The van der Waals surface area contributed by atoms with Crippen molar-refractivity contribution in [3.63, 3.8) is 0 Å². The molecular weight excluding hydrogens is 254 g/mol. The highest BCUT2D eigenvalue weighted by Gasteiger charge is 2.03.